The number of aliphatic imine (C=N–C) groups is 1. The van der Waals surface area contributed by atoms with Crippen molar-refractivity contribution in [1.82, 2.24) is 20.6 Å². The first-order valence-electron chi connectivity index (χ1n) is 9.84. The zero-order chi connectivity index (χ0) is 22.1. The van der Waals surface area contributed by atoms with Gasteiger partial charge in [0.25, 0.3) is 0 Å². The molecule has 0 amide bonds. The van der Waals surface area contributed by atoms with Gasteiger partial charge in [-0.05, 0) is 18.6 Å². The van der Waals surface area contributed by atoms with E-state index >= 15 is 0 Å². The second kappa shape index (κ2) is 11.0. The molecule has 3 N–H and O–H groups in total. The third-order valence-corrected chi connectivity index (χ3v) is 4.37. The number of aromatic amines is 1. The molecule has 3 rings (SSSR count). The van der Waals surface area contributed by atoms with Crippen LogP contribution >= 0.6 is 0 Å². The van der Waals surface area contributed by atoms with E-state index < -0.39 is 6.61 Å². The lowest BCUT2D eigenvalue weighted by molar-refractivity contribution is -0.0520. The Labute approximate surface area is 179 Å². The van der Waals surface area contributed by atoms with Gasteiger partial charge in [0.1, 0.15) is 5.82 Å². The number of imidazole rings is 1. The molecule has 0 spiro atoms. The van der Waals surface area contributed by atoms with Crippen LogP contribution in [0.5, 0.6) is 11.5 Å². The number of hydrogen-bond acceptors (Lipinski definition) is 4. The van der Waals surface area contributed by atoms with Crippen LogP contribution in [0, 0.1) is 0 Å². The number of para-hydroxylation sites is 1. The van der Waals surface area contributed by atoms with Crippen molar-refractivity contribution in [3.63, 3.8) is 0 Å². The van der Waals surface area contributed by atoms with Crippen molar-refractivity contribution in [1.29, 1.82) is 0 Å². The van der Waals surface area contributed by atoms with Crippen LogP contribution in [0.15, 0.2) is 59.7 Å². The Kier molecular flexibility index (Phi) is 7.80. The molecule has 0 radical (unpaired) electrons. The molecule has 164 valence electrons. The van der Waals surface area contributed by atoms with E-state index in [1.165, 1.54) is 0 Å². The number of nitrogens with zero attached hydrogens (tertiary/aromatic N) is 2. The van der Waals surface area contributed by atoms with Crippen LogP contribution in [0.1, 0.15) is 18.3 Å². The van der Waals surface area contributed by atoms with Crippen molar-refractivity contribution in [3.8, 4) is 22.8 Å². The third kappa shape index (κ3) is 6.18. The van der Waals surface area contributed by atoms with Gasteiger partial charge in [0.05, 0.1) is 25.0 Å². The lowest BCUT2D eigenvalue weighted by Crippen LogP contribution is -2.36. The van der Waals surface area contributed by atoms with E-state index in [-0.39, 0.29) is 18.0 Å². The van der Waals surface area contributed by atoms with E-state index in [9.17, 15) is 8.78 Å². The highest BCUT2D eigenvalue weighted by atomic mass is 19.3. The molecule has 2 aromatic carbocycles. The van der Waals surface area contributed by atoms with Gasteiger partial charge in [-0.25, -0.2) is 4.98 Å². The van der Waals surface area contributed by atoms with E-state index in [1.54, 1.807) is 38.4 Å². The predicted octanol–water partition coefficient (Wildman–Crippen LogP) is 3.94. The number of alkyl halides is 2. The minimum Gasteiger partial charge on any atom is -0.490 e. The van der Waals surface area contributed by atoms with E-state index in [2.05, 4.69) is 25.6 Å². The Balaban J connectivity index is 1.61. The summed E-state index contributed by atoms with van der Waals surface area (Å²) in [5.41, 5.74) is 2.49. The van der Waals surface area contributed by atoms with Gasteiger partial charge < -0.3 is 25.1 Å². The molecule has 1 heterocycles. The van der Waals surface area contributed by atoms with E-state index in [0.717, 1.165) is 17.1 Å². The summed E-state index contributed by atoms with van der Waals surface area (Å²) in [7, 11) is 1.63. The van der Waals surface area contributed by atoms with Crippen molar-refractivity contribution < 1.29 is 18.3 Å². The number of hydrogen-bond donors (Lipinski definition) is 3. The average Bonchev–Trinajstić information content (AvgIpc) is 3.25. The van der Waals surface area contributed by atoms with E-state index in [0.29, 0.717) is 24.7 Å². The van der Waals surface area contributed by atoms with Gasteiger partial charge in [-0.15, -0.1) is 0 Å². The number of aromatic nitrogens is 2. The topological polar surface area (TPSA) is 83.6 Å². The monoisotopic (exact) mass is 429 g/mol. The van der Waals surface area contributed by atoms with Gasteiger partial charge in [-0.2, -0.15) is 8.78 Å². The molecule has 0 unspecified atom stereocenters. The molecule has 0 bridgehead atoms. The second-order valence-corrected chi connectivity index (χ2v) is 6.44. The number of rotatable bonds is 9. The van der Waals surface area contributed by atoms with Gasteiger partial charge in [-0.1, -0.05) is 42.5 Å². The lowest BCUT2D eigenvalue weighted by Gasteiger charge is -2.17. The van der Waals surface area contributed by atoms with Gasteiger partial charge in [0.15, 0.2) is 17.5 Å². The van der Waals surface area contributed by atoms with Crippen LogP contribution in [0.25, 0.3) is 11.3 Å². The molecule has 7 nitrogen and oxygen atoms in total. The molecular formula is C22H25F2N5O2. The Hall–Kier alpha value is -3.62. The third-order valence-electron chi connectivity index (χ3n) is 4.37. The summed E-state index contributed by atoms with van der Waals surface area (Å²) in [6.45, 7) is -0.202. The maximum absolute atomic E-state index is 12.9. The first-order chi connectivity index (χ1) is 15.1. The molecule has 0 saturated carbocycles. The van der Waals surface area contributed by atoms with E-state index in [4.69, 9.17) is 9.47 Å². The highest BCUT2D eigenvalue weighted by molar-refractivity contribution is 5.79. The number of nitrogens with one attached hydrogen (secondary N) is 3. The smallest absolute Gasteiger partial charge is 0.387 e. The lowest BCUT2D eigenvalue weighted by atomic mass is 10.2. The maximum atomic E-state index is 12.9. The predicted molar refractivity (Wildman–Crippen MR) is 115 cm³/mol. The summed E-state index contributed by atoms with van der Waals surface area (Å²) in [6.07, 6.45) is 1.77. The van der Waals surface area contributed by atoms with Gasteiger partial charge >= 0.3 is 6.61 Å². The molecule has 0 aliphatic carbocycles. The summed E-state index contributed by atoms with van der Waals surface area (Å²) in [5, 5.41) is 6.24. The number of guanidine groups is 1. The molecule has 3 aromatic rings. The van der Waals surface area contributed by atoms with Crippen molar-refractivity contribution in [2.24, 2.45) is 4.99 Å². The number of halogens is 2. The second-order valence-electron chi connectivity index (χ2n) is 6.44. The zero-order valence-corrected chi connectivity index (χ0v) is 17.4. The van der Waals surface area contributed by atoms with Crippen molar-refractivity contribution in [2.75, 3.05) is 13.7 Å². The van der Waals surface area contributed by atoms with Crippen molar-refractivity contribution >= 4 is 5.96 Å². The molecule has 0 aliphatic heterocycles. The Bertz CT molecular complexity index is 993. The molecule has 0 aliphatic rings. The van der Waals surface area contributed by atoms with Crippen LogP contribution in [-0.4, -0.2) is 36.2 Å². The minimum absolute atomic E-state index is 0.0147. The van der Waals surface area contributed by atoms with Crippen LogP contribution in [-0.2, 0) is 13.1 Å². The van der Waals surface area contributed by atoms with Gasteiger partial charge in [-0.3, -0.25) is 4.99 Å². The first kappa shape index (κ1) is 22.1. The SMILES string of the molecule is CCOc1cccc(CNC(=NC)NCc2ncc(-c3ccccc3)[nH]2)c1OC(F)F. The average molecular weight is 429 g/mol. The summed E-state index contributed by atoms with van der Waals surface area (Å²) in [6, 6.07) is 14.9. The number of H-pyrrole nitrogens is 1. The highest BCUT2D eigenvalue weighted by Gasteiger charge is 2.16. The normalized spacial score (nSPS) is 11.5. The van der Waals surface area contributed by atoms with Crippen LogP contribution in [0.3, 0.4) is 0 Å². The molecule has 0 fully saturated rings. The fourth-order valence-corrected chi connectivity index (χ4v) is 2.98. The maximum Gasteiger partial charge on any atom is 0.387 e. The van der Waals surface area contributed by atoms with Gasteiger partial charge in [0, 0.05) is 19.2 Å². The summed E-state index contributed by atoms with van der Waals surface area (Å²) < 4.78 is 35.9. The molecular weight excluding hydrogens is 404 g/mol. The van der Waals surface area contributed by atoms with Gasteiger partial charge in [0.2, 0.25) is 0 Å². The summed E-state index contributed by atoms with van der Waals surface area (Å²) >= 11 is 0. The number of ether oxygens (including phenoxy) is 2. The van der Waals surface area contributed by atoms with Crippen LogP contribution in [0.4, 0.5) is 8.78 Å². The molecule has 31 heavy (non-hydrogen) atoms. The zero-order valence-electron chi connectivity index (χ0n) is 17.4. The first-order valence-corrected chi connectivity index (χ1v) is 9.84. The minimum atomic E-state index is -2.95. The summed E-state index contributed by atoms with van der Waals surface area (Å²) in [5.74, 6) is 1.51. The standard InChI is InChI=1S/C22H25F2N5O2/c1-3-30-18-11-7-10-16(20(18)31-21(23)24)12-27-22(25-2)28-14-19-26-13-17(29-19)15-8-5-4-6-9-15/h4-11,13,21H,3,12,14H2,1-2H3,(H,26,29)(H2,25,27,28). The summed E-state index contributed by atoms with van der Waals surface area (Å²) in [4.78, 5) is 11.8. The Morgan fingerprint density at radius 2 is 1.87 bits per heavy atom. The van der Waals surface area contributed by atoms with Crippen molar-refractivity contribution in [2.45, 2.75) is 26.6 Å². The quantitative estimate of drug-likeness (QED) is 0.355. The Morgan fingerprint density at radius 3 is 2.58 bits per heavy atom. The Morgan fingerprint density at radius 1 is 1.10 bits per heavy atom. The molecule has 0 atom stereocenters. The highest BCUT2D eigenvalue weighted by Crippen LogP contribution is 2.32. The fourth-order valence-electron chi connectivity index (χ4n) is 2.98. The largest absolute Gasteiger partial charge is 0.490 e. The number of benzene rings is 2. The fraction of sp³-hybridized carbons (Fsp3) is 0.273. The molecule has 9 heteroatoms. The van der Waals surface area contributed by atoms with Crippen LogP contribution < -0.4 is 20.1 Å². The molecule has 1 aromatic heterocycles. The molecule has 0 saturated heterocycles. The van der Waals surface area contributed by atoms with Crippen LogP contribution in [0.2, 0.25) is 0 Å². The van der Waals surface area contributed by atoms with Crippen molar-refractivity contribution in [3.05, 3.63) is 66.1 Å². The van der Waals surface area contributed by atoms with E-state index in [1.807, 2.05) is 30.3 Å².